The molecule has 3 aromatic rings. The van der Waals surface area contributed by atoms with E-state index >= 15 is 0 Å². The Morgan fingerprint density at radius 1 is 1.05 bits per heavy atom. The molecule has 3 rings (SSSR count). The van der Waals surface area contributed by atoms with Crippen LogP contribution in [0.4, 0.5) is 0 Å². The van der Waals surface area contributed by atoms with E-state index in [4.69, 9.17) is 16.6 Å². The first-order valence-corrected chi connectivity index (χ1v) is 7.70. The van der Waals surface area contributed by atoms with Crippen molar-refractivity contribution >= 4 is 45.2 Å². The van der Waals surface area contributed by atoms with E-state index in [-0.39, 0.29) is 0 Å². The fourth-order valence-electron chi connectivity index (χ4n) is 2.23. The van der Waals surface area contributed by atoms with Gasteiger partial charge in [0.1, 0.15) is 5.82 Å². The van der Waals surface area contributed by atoms with E-state index in [1.165, 1.54) is 3.57 Å². The number of hydrogen-bond acceptors (Lipinski definition) is 1. The summed E-state index contributed by atoms with van der Waals surface area (Å²) < 4.78 is 3.42. The first-order chi connectivity index (χ1) is 9.31. The largest absolute Gasteiger partial charge is 0.295 e. The van der Waals surface area contributed by atoms with E-state index < -0.39 is 0 Å². The Bertz CT molecular complexity index is 721. The maximum absolute atomic E-state index is 5.91. The van der Waals surface area contributed by atoms with Gasteiger partial charge in [-0.1, -0.05) is 24.3 Å². The number of aryl methyl sites for hydroxylation is 1. The molecular weight excluding hydrogens is 371 g/mol. The van der Waals surface area contributed by atoms with Crippen molar-refractivity contribution in [3.63, 3.8) is 0 Å². The first kappa shape index (κ1) is 12.9. The number of para-hydroxylation sites is 3. The van der Waals surface area contributed by atoms with Crippen molar-refractivity contribution in [2.24, 2.45) is 0 Å². The average molecular weight is 383 g/mol. The molecule has 96 valence electrons. The molecule has 0 aliphatic rings. The Morgan fingerprint density at radius 3 is 2.58 bits per heavy atom. The van der Waals surface area contributed by atoms with Crippen LogP contribution in [-0.4, -0.2) is 15.4 Å². The van der Waals surface area contributed by atoms with Crippen molar-refractivity contribution < 1.29 is 0 Å². The summed E-state index contributed by atoms with van der Waals surface area (Å²) in [6, 6.07) is 16.5. The average Bonchev–Trinajstić information content (AvgIpc) is 2.78. The summed E-state index contributed by atoms with van der Waals surface area (Å²) in [5.74, 6) is 1.59. The van der Waals surface area contributed by atoms with Crippen LogP contribution >= 0.6 is 34.2 Å². The van der Waals surface area contributed by atoms with Crippen LogP contribution in [-0.2, 0) is 6.42 Å². The van der Waals surface area contributed by atoms with Crippen molar-refractivity contribution in [3.8, 4) is 5.69 Å². The summed E-state index contributed by atoms with van der Waals surface area (Å²) in [5.41, 5.74) is 3.31. The molecule has 1 aromatic heterocycles. The lowest BCUT2D eigenvalue weighted by atomic mass is 10.2. The highest BCUT2D eigenvalue weighted by Gasteiger charge is 2.13. The summed E-state index contributed by atoms with van der Waals surface area (Å²) in [7, 11) is 0. The molecule has 4 heteroatoms. The van der Waals surface area contributed by atoms with Gasteiger partial charge in [0.2, 0.25) is 0 Å². The molecule has 0 fully saturated rings. The first-order valence-electron chi connectivity index (χ1n) is 6.08. The van der Waals surface area contributed by atoms with E-state index in [2.05, 4.69) is 51.4 Å². The maximum Gasteiger partial charge on any atom is 0.115 e. The summed E-state index contributed by atoms with van der Waals surface area (Å²) in [6.07, 6.45) is 0.765. The third kappa shape index (κ3) is 2.37. The normalized spacial score (nSPS) is 11.1. The predicted molar refractivity (Wildman–Crippen MR) is 88.2 cm³/mol. The molecule has 0 saturated heterocycles. The van der Waals surface area contributed by atoms with Gasteiger partial charge in [-0.05, 0) is 46.9 Å². The van der Waals surface area contributed by atoms with Crippen LogP contribution in [0.2, 0.25) is 0 Å². The number of fused-ring (bicyclic) bond motifs is 1. The minimum atomic E-state index is 0.576. The van der Waals surface area contributed by atoms with Gasteiger partial charge in [0.15, 0.2) is 0 Å². The van der Waals surface area contributed by atoms with E-state index in [1.54, 1.807) is 0 Å². The van der Waals surface area contributed by atoms with Crippen LogP contribution in [0.3, 0.4) is 0 Å². The minimum absolute atomic E-state index is 0.576. The van der Waals surface area contributed by atoms with Crippen LogP contribution in [0.1, 0.15) is 5.82 Å². The molecule has 0 aliphatic carbocycles. The number of nitrogens with zero attached hydrogens (tertiary/aromatic N) is 2. The Morgan fingerprint density at radius 2 is 1.79 bits per heavy atom. The van der Waals surface area contributed by atoms with Crippen molar-refractivity contribution in [3.05, 3.63) is 57.9 Å². The number of alkyl halides is 1. The fourth-order valence-corrected chi connectivity index (χ4v) is 3.03. The lowest BCUT2D eigenvalue weighted by molar-refractivity contribution is 0.909. The zero-order valence-electron chi connectivity index (χ0n) is 10.2. The van der Waals surface area contributed by atoms with E-state index in [0.717, 1.165) is 29.0 Å². The van der Waals surface area contributed by atoms with Crippen LogP contribution in [0.15, 0.2) is 48.5 Å². The Kier molecular flexibility index (Phi) is 3.75. The van der Waals surface area contributed by atoms with Gasteiger partial charge in [-0.15, -0.1) is 11.6 Å². The molecule has 2 aromatic carbocycles. The third-order valence-corrected chi connectivity index (χ3v) is 4.14. The standard InChI is InChI=1S/C15H12ClIN2/c16-10-9-15-18-12-6-2-4-8-14(12)19(15)13-7-3-1-5-11(13)17/h1-8H,9-10H2. The van der Waals surface area contributed by atoms with Gasteiger partial charge in [0.05, 0.1) is 16.7 Å². The number of aromatic nitrogens is 2. The molecule has 0 saturated carbocycles. The van der Waals surface area contributed by atoms with Gasteiger partial charge in [0.25, 0.3) is 0 Å². The Labute approximate surface area is 130 Å². The van der Waals surface area contributed by atoms with Gasteiger partial charge in [-0.25, -0.2) is 4.98 Å². The zero-order chi connectivity index (χ0) is 13.2. The van der Waals surface area contributed by atoms with Gasteiger partial charge in [-0.3, -0.25) is 4.57 Å². The molecule has 0 radical (unpaired) electrons. The molecule has 2 nitrogen and oxygen atoms in total. The predicted octanol–water partition coefficient (Wildman–Crippen LogP) is 4.41. The Balaban J connectivity index is 2.31. The summed E-state index contributed by atoms with van der Waals surface area (Å²) in [5, 5.41) is 0. The summed E-state index contributed by atoms with van der Waals surface area (Å²) in [6.45, 7) is 0. The third-order valence-electron chi connectivity index (χ3n) is 3.04. The highest BCUT2D eigenvalue weighted by atomic mass is 127. The molecule has 0 aliphatic heterocycles. The van der Waals surface area contributed by atoms with Crippen molar-refractivity contribution in [2.75, 3.05) is 5.88 Å². The molecule has 0 amide bonds. The highest BCUT2D eigenvalue weighted by molar-refractivity contribution is 14.1. The maximum atomic E-state index is 5.91. The van der Waals surface area contributed by atoms with Crippen LogP contribution in [0.5, 0.6) is 0 Å². The van der Waals surface area contributed by atoms with Crippen molar-refractivity contribution in [1.82, 2.24) is 9.55 Å². The Hall–Kier alpha value is -1.07. The second-order valence-corrected chi connectivity index (χ2v) is 5.78. The van der Waals surface area contributed by atoms with Gasteiger partial charge >= 0.3 is 0 Å². The molecule has 1 heterocycles. The van der Waals surface area contributed by atoms with E-state index in [1.807, 2.05) is 24.3 Å². The molecule has 0 unspecified atom stereocenters. The highest BCUT2D eigenvalue weighted by Crippen LogP contribution is 2.25. The van der Waals surface area contributed by atoms with E-state index in [0.29, 0.717) is 5.88 Å². The van der Waals surface area contributed by atoms with E-state index in [9.17, 15) is 0 Å². The van der Waals surface area contributed by atoms with Crippen LogP contribution in [0.25, 0.3) is 16.7 Å². The monoisotopic (exact) mass is 382 g/mol. The van der Waals surface area contributed by atoms with Gasteiger partial charge < -0.3 is 0 Å². The van der Waals surface area contributed by atoms with Gasteiger partial charge in [0, 0.05) is 15.9 Å². The van der Waals surface area contributed by atoms with Gasteiger partial charge in [-0.2, -0.15) is 0 Å². The van der Waals surface area contributed by atoms with Crippen LogP contribution < -0.4 is 0 Å². The second kappa shape index (κ2) is 5.51. The van der Waals surface area contributed by atoms with Crippen molar-refractivity contribution in [1.29, 1.82) is 0 Å². The molecule has 0 N–H and O–H groups in total. The smallest absolute Gasteiger partial charge is 0.115 e. The number of rotatable bonds is 3. The molecule has 19 heavy (non-hydrogen) atoms. The summed E-state index contributed by atoms with van der Waals surface area (Å²) >= 11 is 8.27. The quantitative estimate of drug-likeness (QED) is 0.484. The second-order valence-electron chi connectivity index (χ2n) is 4.24. The van der Waals surface area contributed by atoms with Crippen LogP contribution in [0, 0.1) is 3.57 Å². The zero-order valence-corrected chi connectivity index (χ0v) is 13.1. The number of imidazole rings is 1. The fraction of sp³-hybridized carbons (Fsp3) is 0.133. The molecule has 0 atom stereocenters. The topological polar surface area (TPSA) is 17.8 Å². The lowest BCUT2D eigenvalue weighted by Gasteiger charge is -2.10. The molecule has 0 bridgehead atoms. The minimum Gasteiger partial charge on any atom is -0.295 e. The molecule has 0 spiro atoms. The molecular formula is C15H12ClIN2. The summed E-state index contributed by atoms with van der Waals surface area (Å²) in [4.78, 5) is 4.70. The lowest BCUT2D eigenvalue weighted by Crippen LogP contribution is -2.03. The number of hydrogen-bond donors (Lipinski definition) is 0. The SMILES string of the molecule is ClCCc1nc2ccccc2n1-c1ccccc1I. The number of halogens is 2. The van der Waals surface area contributed by atoms with Crippen molar-refractivity contribution in [2.45, 2.75) is 6.42 Å². The number of benzene rings is 2.